The van der Waals surface area contributed by atoms with Gasteiger partial charge in [0.2, 0.25) is 6.79 Å². The van der Waals surface area contributed by atoms with E-state index in [-0.39, 0.29) is 6.10 Å². The molecule has 3 aliphatic rings. The maximum atomic E-state index is 6.19. The summed E-state index contributed by atoms with van der Waals surface area (Å²) in [5.74, 6) is 2.63. The van der Waals surface area contributed by atoms with Crippen LogP contribution in [0.1, 0.15) is 18.4 Å². The van der Waals surface area contributed by atoms with E-state index in [0.717, 1.165) is 76.8 Å². The van der Waals surface area contributed by atoms with Crippen LogP contribution < -0.4 is 18.9 Å². The average molecular weight is 443 g/mol. The lowest BCUT2D eigenvalue weighted by molar-refractivity contribution is 0.0313. The van der Waals surface area contributed by atoms with Gasteiger partial charge in [-0.25, -0.2) is 9.97 Å². The lowest BCUT2D eigenvalue weighted by Crippen LogP contribution is -2.39. The van der Waals surface area contributed by atoms with Crippen LogP contribution in [0.15, 0.2) is 30.6 Å². The molecule has 4 heterocycles. The minimum atomic E-state index is 0.112. The van der Waals surface area contributed by atoms with Crippen LogP contribution in [0.25, 0.3) is 0 Å². The largest absolute Gasteiger partial charge is 0.472 e. The van der Waals surface area contributed by atoms with Gasteiger partial charge in [-0.05, 0) is 30.5 Å². The van der Waals surface area contributed by atoms with Crippen molar-refractivity contribution in [1.82, 2.24) is 19.8 Å². The maximum absolute atomic E-state index is 6.19. The van der Waals surface area contributed by atoms with Crippen molar-refractivity contribution in [3.05, 3.63) is 36.2 Å². The Bertz CT molecular complexity index is 884. The third kappa shape index (κ3) is 5.40. The molecule has 0 amide bonds. The summed E-state index contributed by atoms with van der Waals surface area (Å²) in [6.45, 7) is 7.99. The van der Waals surface area contributed by atoms with Crippen LogP contribution in [0.5, 0.6) is 23.3 Å². The van der Waals surface area contributed by atoms with Crippen molar-refractivity contribution in [2.45, 2.75) is 25.5 Å². The molecule has 172 valence electrons. The molecule has 2 saturated heterocycles. The van der Waals surface area contributed by atoms with Crippen LogP contribution in [0.2, 0.25) is 0 Å². The number of hydrogen-bond acceptors (Lipinski definition) is 9. The number of ether oxygens (including phenoxy) is 5. The molecule has 0 atom stereocenters. The quantitative estimate of drug-likeness (QED) is 0.610. The maximum Gasteiger partial charge on any atom is 0.278 e. The molecule has 0 saturated carbocycles. The van der Waals surface area contributed by atoms with Crippen molar-refractivity contribution in [3.63, 3.8) is 0 Å². The Morgan fingerprint density at radius 1 is 0.906 bits per heavy atom. The van der Waals surface area contributed by atoms with E-state index < -0.39 is 0 Å². The summed E-state index contributed by atoms with van der Waals surface area (Å²) in [6, 6.07) is 6.17. The Labute approximate surface area is 188 Å². The van der Waals surface area contributed by atoms with Gasteiger partial charge in [0.1, 0.15) is 12.7 Å². The van der Waals surface area contributed by atoms with E-state index in [1.165, 1.54) is 5.56 Å². The molecule has 5 rings (SSSR count). The van der Waals surface area contributed by atoms with Gasteiger partial charge < -0.3 is 23.7 Å². The number of fused-ring (bicyclic) bond motifs is 1. The fourth-order valence-corrected chi connectivity index (χ4v) is 4.23. The summed E-state index contributed by atoms with van der Waals surface area (Å²) >= 11 is 0. The first-order chi connectivity index (χ1) is 15.8. The molecule has 0 unspecified atom stereocenters. The Morgan fingerprint density at radius 2 is 1.69 bits per heavy atom. The van der Waals surface area contributed by atoms with Gasteiger partial charge in [-0.1, -0.05) is 6.07 Å². The summed E-state index contributed by atoms with van der Waals surface area (Å²) in [5.41, 5.74) is 1.23. The lowest BCUT2D eigenvalue weighted by Gasteiger charge is -2.32. The minimum absolute atomic E-state index is 0.112. The first-order valence-corrected chi connectivity index (χ1v) is 11.3. The van der Waals surface area contributed by atoms with Gasteiger partial charge in [0, 0.05) is 51.7 Å². The topological polar surface area (TPSA) is 78.4 Å². The second-order valence-corrected chi connectivity index (χ2v) is 8.25. The summed E-state index contributed by atoms with van der Waals surface area (Å²) in [7, 11) is 0. The highest BCUT2D eigenvalue weighted by molar-refractivity contribution is 5.44. The molecule has 2 aromatic rings. The highest BCUT2D eigenvalue weighted by Gasteiger charge is 2.23. The van der Waals surface area contributed by atoms with Gasteiger partial charge in [0.25, 0.3) is 11.8 Å². The average Bonchev–Trinajstić information content (AvgIpc) is 3.30. The Kier molecular flexibility index (Phi) is 6.86. The van der Waals surface area contributed by atoms with Crippen LogP contribution in [-0.4, -0.2) is 85.2 Å². The number of hydrogen-bond donors (Lipinski definition) is 0. The molecule has 0 bridgehead atoms. The van der Waals surface area contributed by atoms with Gasteiger partial charge >= 0.3 is 0 Å². The van der Waals surface area contributed by atoms with E-state index in [1.807, 2.05) is 6.07 Å². The SMILES string of the molecule is c1cnc(OC2CCN(Cc3ccc4c(c3)OCO4)CC2)c(OCCN2CCOCC2)n1. The van der Waals surface area contributed by atoms with E-state index in [2.05, 4.69) is 31.9 Å². The summed E-state index contributed by atoms with van der Waals surface area (Å²) < 4.78 is 28.4. The zero-order valence-electron chi connectivity index (χ0n) is 18.3. The van der Waals surface area contributed by atoms with Crippen LogP contribution >= 0.6 is 0 Å². The second-order valence-electron chi connectivity index (χ2n) is 8.25. The molecule has 2 fully saturated rings. The molecule has 9 heteroatoms. The molecule has 0 spiro atoms. The van der Waals surface area contributed by atoms with Gasteiger partial charge in [0.05, 0.1) is 13.2 Å². The van der Waals surface area contributed by atoms with E-state index in [4.69, 9.17) is 23.7 Å². The standard InChI is InChI=1S/C23H30N4O5/c1-2-20-21(31-17-30-20)15-18(1)16-27-7-3-19(4-8-27)32-23-22(24-5-6-25-23)29-14-11-26-9-12-28-13-10-26/h1-2,5-6,15,19H,3-4,7-14,16-17H2. The van der Waals surface area contributed by atoms with Crippen molar-refractivity contribution < 1.29 is 23.7 Å². The summed E-state index contributed by atoms with van der Waals surface area (Å²) in [4.78, 5) is 13.5. The zero-order chi connectivity index (χ0) is 21.6. The van der Waals surface area contributed by atoms with Crippen LogP contribution in [-0.2, 0) is 11.3 Å². The molecule has 1 aromatic heterocycles. The van der Waals surface area contributed by atoms with Gasteiger partial charge in [-0.2, -0.15) is 0 Å². The molecule has 0 radical (unpaired) electrons. The molecular weight excluding hydrogens is 412 g/mol. The molecule has 0 aliphatic carbocycles. The van der Waals surface area contributed by atoms with Crippen molar-refractivity contribution >= 4 is 0 Å². The first-order valence-electron chi connectivity index (χ1n) is 11.3. The third-order valence-corrected chi connectivity index (χ3v) is 6.04. The number of aromatic nitrogens is 2. The number of morpholine rings is 1. The fraction of sp³-hybridized carbons (Fsp3) is 0.565. The van der Waals surface area contributed by atoms with Gasteiger partial charge in [0.15, 0.2) is 11.5 Å². The molecule has 9 nitrogen and oxygen atoms in total. The Morgan fingerprint density at radius 3 is 2.53 bits per heavy atom. The van der Waals surface area contributed by atoms with Crippen molar-refractivity contribution in [3.8, 4) is 23.3 Å². The normalized spacial score (nSPS) is 19.8. The Hall–Kier alpha value is -2.62. The number of nitrogens with zero attached hydrogens (tertiary/aromatic N) is 4. The molecule has 3 aliphatic heterocycles. The number of benzene rings is 1. The first kappa shape index (κ1) is 21.2. The van der Waals surface area contributed by atoms with Crippen molar-refractivity contribution in [2.24, 2.45) is 0 Å². The predicted octanol–water partition coefficient (Wildman–Crippen LogP) is 1.96. The number of likely N-dealkylation sites (tertiary alicyclic amines) is 1. The number of rotatable bonds is 8. The highest BCUT2D eigenvalue weighted by atomic mass is 16.7. The summed E-state index contributed by atoms with van der Waals surface area (Å²) in [5, 5.41) is 0. The Balaban J connectivity index is 1.09. The van der Waals surface area contributed by atoms with E-state index in [9.17, 15) is 0 Å². The number of piperidine rings is 1. The zero-order valence-corrected chi connectivity index (χ0v) is 18.3. The second kappa shape index (κ2) is 10.3. The summed E-state index contributed by atoms with van der Waals surface area (Å²) in [6.07, 6.45) is 5.29. The molecule has 1 aromatic carbocycles. The van der Waals surface area contributed by atoms with Crippen molar-refractivity contribution in [2.75, 3.05) is 59.3 Å². The fourth-order valence-electron chi connectivity index (χ4n) is 4.23. The van der Waals surface area contributed by atoms with Crippen LogP contribution in [0.3, 0.4) is 0 Å². The molecule has 0 N–H and O–H groups in total. The molecular formula is C23H30N4O5. The van der Waals surface area contributed by atoms with E-state index in [0.29, 0.717) is 25.2 Å². The van der Waals surface area contributed by atoms with Gasteiger partial charge in [-0.15, -0.1) is 0 Å². The molecule has 32 heavy (non-hydrogen) atoms. The van der Waals surface area contributed by atoms with E-state index >= 15 is 0 Å². The van der Waals surface area contributed by atoms with Gasteiger partial charge in [-0.3, -0.25) is 9.80 Å². The van der Waals surface area contributed by atoms with E-state index in [1.54, 1.807) is 12.4 Å². The lowest BCUT2D eigenvalue weighted by atomic mass is 10.1. The minimum Gasteiger partial charge on any atom is -0.472 e. The monoisotopic (exact) mass is 442 g/mol. The predicted molar refractivity (Wildman–Crippen MR) is 116 cm³/mol. The van der Waals surface area contributed by atoms with Crippen molar-refractivity contribution in [1.29, 1.82) is 0 Å². The smallest absolute Gasteiger partial charge is 0.278 e. The van der Waals surface area contributed by atoms with Crippen LogP contribution in [0, 0.1) is 0 Å². The highest BCUT2D eigenvalue weighted by Crippen LogP contribution is 2.33. The third-order valence-electron chi connectivity index (χ3n) is 6.04. The van der Waals surface area contributed by atoms with Crippen LogP contribution in [0.4, 0.5) is 0 Å².